The summed E-state index contributed by atoms with van der Waals surface area (Å²) in [7, 11) is 5.10. The van der Waals surface area contributed by atoms with Crippen LogP contribution in [0.1, 0.15) is 37.9 Å². The van der Waals surface area contributed by atoms with E-state index in [2.05, 4.69) is 16.0 Å². The van der Waals surface area contributed by atoms with Gasteiger partial charge in [0, 0.05) is 19.4 Å². The molecule has 0 aliphatic heterocycles. The third-order valence-electron chi connectivity index (χ3n) is 4.60. The summed E-state index contributed by atoms with van der Waals surface area (Å²) in [5.74, 6) is -1.91. The molecule has 1 aromatic carbocycles. The summed E-state index contributed by atoms with van der Waals surface area (Å²) in [5, 5.41) is 7.77. The molecule has 3 N–H and O–H groups in total. The van der Waals surface area contributed by atoms with Crippen molar-refractivity contribution in [2.45, 2.75) is 38.3 Å². The van der Waals surface area contributed by atoms with Crippen molar-refractivity contribution < 1.29 is 38.2 Å². The lowest BCUT2D eigenvalue weighted by molar-refractivity contribution is -0.129. The highest BCUT2D eigenvalue weighted by atomic mass is 16.5. The lowest BCUT2D eigenvalue weighted by Crippen LogP contribution is -2.39. The van der Waals surface area contributed by atoms with Gasteiger partial charge in [-0.2, -0.15) is 0 Å². The highest BCUT2D eigenvalue weighted by Crippen LogP contribution is 2.16. The van der Waals surface area contributed by atoms with E-state index in [-0.39, 0.29) is 51.0 Å². The average molecular weight is 489 g/mol. The number of benzene rings is 1. The van der Waals surface area contributed by atoms with E-state index >= 15 is 0 Å². The van der Waals surface area contributed by atoms with Crippen LogP contribution in [0.4, 0.5) is 4.79 Å². The Kier molecular flexibility index (Phi) is 15.4. The maximum absolute atomic E-state index is 12.2. The van der Waals surface area contributed by atoms with Gasteiger partial charge in [0.15, 0.2) is 0 Å². The maximum Gasteiger partial charge on any atom is 0.246 e. The van der Waals surface area contributed by atoms with Crippen molar-refractivity contribution in [1.29, 1.82) is 0 Å². The first-order valence-corrected chi connectivity index (χ1v) is 11.3. The monoisotopic (exact) mass is 489 g/mol. The minimum atomic E-state index is -0.967. The number of hydrogen-bond donors (Lipinski definition) is 3. The van der Waals surface area contributed by atoms with Crippen LogP contribution in [0, 0.1) is 0 Å². The van der Waals surface area contributed by atoms with Crippen LogP contribution in [0.5, 0.6) is 0 Å². The van der Waals surface area contributed by atoms with Crippen LogP contribution < -0.4 is 16.0 Å². The molecule has 12 heteroatoms. The third kappa shape index (κ3) is 14.6. The van der Waals surface area contributed by atoms with E-state index in [0.717, 1.165) is 0 Å². The van der Waals surface area contributed by atoms with Gasteiger partial charge in [0.05, 0.1) is 32.4 Å². The molecular weight excluding hydrogens is 457 g/mol. The molecule has 35 heavy (non-hydrogen) atoms. The average Bonchev–Trinajstić information content (AvgIpc) is 2.85. The molecule has 0 bridgehead atoms. The zero-order chi connectivity index (χ0) is 25.9. The van der Waals surface area contributed by atoms with Crippen molar-refractivity contribution >= 4 is 37.7 Å². The van der Waals surface area contributed by atoms with E-state index < -0.39 is 23.9 Å². The summed E-state index contributed by atoms with van der Waals surface area (Å²) >= 11 is 0. The second-order valence-corrected chi connectivity index (χ2v) is 7.36. The molecule has 0 aromatic heterocycles. The zero-order valence-electron chi connectivity index (χ0n) is 19.8. The molecule has 0 saturated carbocycles. The molecule has 0 spiro atoms. The Morgan fingerprint density at radius 1 is 0.971 bits per heavy atom. The Hall–Kier alpha value is -3.25. The molecule has 2 unspecified atom stereocenters. The molecular formula is C23H32BN3O8. The smallest absolute Gasteiger partial charge is 0.246 e. The van der Waals surface area contributed by atoms with Crippen LogP contribution in [0.2, 0.25) is 0 Å². The van der Waals surface area contributed by atoms with Crippen molar-refractivity contribution in [3.8, 4) is 0 Å². The quantitative estimate of drug-likeness (QED) is 0.150. The molecule has 2 radical (unpaired) electrons. The summed E-state index contributed by atoms with van der Waals surface area (Å²) in [5.41, 5.74) is 0.665. The number of carbonyl (C=O) groups is 5. The Morgan fingerprint density at radius 3 is 2.34 bits per heavy atom. The van der Waals surface area contributed by atoms with E-state index in [1.807, 2.05) is 0 Å². The van der Waals surface area contributed by atoms with Gasteiger partial charge in [0.25, 0.3) is 0 Å². The largest absolute Gasteiger partial charge is 0.465 e. The van der Waals surface area contributed by atoms with E-state index in [1.165, 1.54) is 0 Å². The Morgan fingerprint density at radius 2 is 1.69 bits per heavy atom. The van der Waals surface area contributed by atoms with Gasteiger partial charge in [-0.3, -0.25) is 19.2 Å². The van der Waals surface area contributed by atoms with Gasteiger partial charge in [-0.1, -0.05) is 37.3 Å². The predicted octanol–water partition coefficient (Wildman–Crippen LogP) is 0.172. The Bertz CT molecular complexity index is 809. The molecule has 0 saturated heterocycles. The molecule has 190 valence electrons. The van der Waals surface area contributed by atoms with Gasteiger partial charge in [-0.25, -0.2) is 0 Å². The number of hydrogen-bond acceptors (Lipinski definition) is 8. The van der Waals surface area contributed by atoms with E-state index in [0.29, 0.717) is 31.4 Å². The fourth-order valence-corrected chi connectivity index (χ4v) is 2.81. The lowest BCUT2D eigenvalue weighted by atomic mass is 10.1. The van der Waals surface area contributed by atoms with E-state index in [9.17, 15) is 24.0 Å². The molecule has 1 rings (SSSR count). The minimum Gasteiger partial charge on any atom is -0.465 e. The summed E-state index contributed by atoms with van der Waals surface area (Å²) in [6.07, 6.45) is 0.244. The van der Waals surface area contributed by atoms with Gasteiger partial charge in [-0.05, 0) is 12.0 Å². The number of carbonyl (C=O) groups excluding carboxylic acids is 5. The molecule has 1 aromatic rings. The number of aldehydes is 1. The number of ether oxygens (including phenoxy) is 3. The zero-order valence-corrected chi connectivity index (χ0v) is 19.8. The first kappa shape index (κ1) is 29.8. The third-order valence-corrected chi connectivity index (χ3v) is 4.60. The van der Waals surface area contributed by atoms with Crippen LogP contribution >= 0.6 is 0 Å². The van der Waals surface area contributed by atoms with Gasteiger partial charge >= 0.3 is 0 Å². The van der Waals surface area contributed by atoms with Crippen molar-refractivity contribution in [1.82, 2.24) is 16.0 Å². The van der Waals surface area contributed by atoms with Crippen LogP contribution in [0.3, 0.4) is 0 Å². The Balaban J connectivity index is 2.24. The normalized spacial score (nSPS) is 12.1. The van der Waals surface area contributed by atoms with Crippen LogP contribution in [0.15, 0.2) is 30.3 Å². The van der Waals surface area contributed by atoms with Gasteiger partial charge in [0.2, 0.25) is 31.4 Å². The summed E-state index contributed by atoms with van der Waals surface area (Å²) in [4.78, 5) is 57.6. The highest BCUT2D eigenvalue weighted by Gasteiger charge is 2.17. The highest BCUT2D eigenvalue weighted by molar-refractivity contribution is 6.55. The SMILES string of the molecule is [B]C(=O)OC(CNC(=O)CCC(C=O)NC(=O)COCCOCCNC(=O)CC)c1ccccc1. The number of amides is 3. The molecule has 0 aliphatic carbocycles. The first-order chi connectivity index (χ1) is 16.8. The summed E-state index contributed by atoms with van der Waals surface area (Å²) in [6.45, 7) is 2.63. The van der Waals surface area contributed by atoms with E-state index in [1.54, 1.807) is 37.3 Å². The van der Waals surface area contributed by atoms with Gasteiger partial charge in [-0.15, -0.1) is 0 Å². The standard InChI is InChI=1S/C23H32BN3O8/c1-2-20(29)25-10-11-33-12-13-34-16-22(31)27-18(15-28)8-9-21(30)26-14-19(35-23(24)32)17-6-4-3-5-7-17/h3-7,15,18-19H,2,8-14,16H2,1H3,(H,25,29)(H,26,30)(H,27,31). The van der Waals surface area contributed by atoms with Crippen molar-refractivity contribution in [2.75, 3.05) is 39.5 Å². The van der Waals surface area contributed by atoms with Crippen molar-refractivity contribution in [3.63, 3.8) is 0 Å². The fourth-order valence-electron chi connectivity index (χ4n) is 2.81. The summed E-state index contributed by atoms with van der Waals surface area (Å²) in [6, 6.07) is 7.93. The van der Waals surface area contributed by atoms with Crippen LogP contribution in [-0.2, 0) is 33.4 Å². The van der Waals surface area contributed by atoms with Crippen molar-refractivity contribution in [2.24, 2.45) is 0 Å². The van der Waals surface area contributed by atoms with Crippen LogP contribution in [0.25, 0.3) is 0 Å². The molecule has 2 atom stereocenters. The molecule has 0 heterocycles. The van der Waals surface area contributed by atoms with E-state index in [4.69, 9.17) is 22.1 Å². The molecule has 3 amide bonds. The summed E-state index contributed by atoms with van der Waals surface area (Å²) < 4.78 is 15.5. The molecule has 0 fully saturated rings. The van der Waals surface area contributed by atoms with Gasteiger partial charge in [0.1, 0.15) is 19.0 Å². The van der Waals surface area contributed by atoms with Gasteiger partial charge < -0.3 is 35.0 Å². The predicted molar refractivity (Wildman–Crippen MR) is 127 cm³/mol. The molecule has 0 aliphatic rings. The second kappa shape index (κ2) is 18.1. The second-order valence-electron chi connectivity index (χ2n) is 7.36. The van der Waals surface area contributed by atoms with Crippen LogP contribution in [-0.4, -0.2) is 83.3 Å². The minimum absolute atomic E-state index is 0.00475. The lowest BCUT2D eigenvalue weighted by Gasteiger charge is -2.19. The number of rotatable bonds is 18. The Labute approximate surface area is 206 Å². The molecule has 11 nitrogen and oxygen atoms in total. The first-order valence-electron chi connectivity index (χ1n) is 11.3. The topological polar surface area (TPSA) is 149 Å². The fraction of sp³-hybridized carbons (Fsp3) is 0.522. The maximum atomic E-state index is 12.2. The van der Waals surface area contributed by atoms with Crippen molar-refractivity contribution in [3.05, 3.63) is 35.9 Å². The number of nitrogens with one attached hydrogen (secondary N) is 3.